The molecule has 2 aromatic rings. The van der Waals surface area contributed by atoms with Gasteiger partial charge in [-0.25, -0.2) is 4.39 Å². The van der Waals surface area contributed by atoms with Crippen molar-refractivity contribution in [2.45, 2.75) is 25.3 Å². The van der Waals surface area contributed by atoms with Crippen molar-refractivity contribution in [1.29, 1.82) is 0 Å². The third-order valence-corrected chi connectivity index (χ3v) is 4.75. The molecule has 24 heavy (non-hydrogen) atoms. The predicted octanol–water partition coefficient (Wildman–Crippen LogP) is 3.81. The maximum atomic E-state index is 13.8. The van der Waals surface area contributed by atoms with Crippen LogP contribution in [-0.4, -0.2) is 25.0 Å². The molecular weight excluding hydrogens is 327 g/mol. The van der Waals surface area contributed by atoms with E-state index in [1.807, 2.05) is 18.2 Å². The molecule has 1 N–H and O–H groups in total. The highest BCUT2D eigenvalue weighted by Crippen LogP contribution is 2.25. The lowest BCUT2D eigenvalue weighted by Crippen LogP contribution is -2.40. The van der Waals surface area contributed by atoms with Crippen LogP contribution >= 0.6 is 11.6 Å². The third kappa shape index (κ3) is 3.88. The topological polar surface area (TPSA) is 32.3 Å². The highest BCUT2D eigenvalue weighted by molar-refractivity contribution is 6.31. The molecule has 0 aromatic heterocycles. The molecule has 0 saturated carbocycles. The summed E-state index contributed by atoms with van der Waals surface area (Å²) in [6, 6.07) is 14.9. The van der Waals surface area contributed by atoms with E-state index in [0.29, 0.717) is 6.54 Å². The van der Waals surface area contributed by atoms with Gasteiger partial charge in [0.25, 0.3) is 0 Å². The van der Waals surface area contributed by atoms with Crippen LogP contribution in [0.15, 0.2) is 48.5 Å². The molecule has 0 unspecified atom stereocenters. The quantitative estimate of drug-likeness (QED) is 0.893. The lowest BCUT2D eigenvalue weighted by molar-refractivity contribution is -0.120. The van der Waals surface area contributed by atoms with E-state index in [1.165, 1.54) is 17.8 Å². The van der Waals surface area contributed by atoms with Crippen molar-refractivity contribution in [3.8, 4) is 0 Å². The summed E-state index contributed by atoms with van der Waals surface area (Å²) in [5.41, 5.74) is 1.43. The van der Waals surface area contributed by atoms with Crippen LogP contribution in [0, 0.1) is 5.82 Å². The minimum atomic E-state index is -0.440. The van der Waals surface area contributed by atoms with Gasteiger partial charge in [0.1, 0.15) is 5.82 Å². The Balaban J connectivity index is 1.58. The number of anilines is 1. The Bertz CT molecular complexity index is 688. The molecule has 2 aromatic carbocycles. The van der Waals surface area contributed by atoms with Crippen molar-refractivity contribution in [2.75, 3.05) is 18.0 Å². The van der Waals surface area contributed by atoms with Gasteiger partial charge in [-0.3, -0.25) is 4.79 Å². The second kappa shape index (κ2) is 7.67. The van der Waals surface area contributed by atoms with Gasteiger partial charge in [0.2, 0.25) is 5.91 Å². The fraction of sp³-hybridized carbons (Fsp3) is 0.316. The van der Waals surface area contributed by atoms with Gasteiger partial charge in [0.05, 0.1) is 6.42 Å². The van der Waals surface area contributed by atoms with Crippen molar-refractivity contribution < 1.29 is 9.18 Å². The molecule has 3 rings (SSSR count). The minimum Gasteiger partial charge on any atom is -0.367 e. The number of carbonyl (C=O) groups excluding carboxylic acids is 1. The van der Waals surface area contributed by atoms with Crippen molar-refractivity contribution in [2.24, 2.45) is 0 Å². The van der Waals surface area contributed by atoms with Gasteiger partial charge >= 0.3 is 0 Å². The first kappa shape index (κ1) is 16.8. The summed E-state index contributed by atoms with van der Waals surface area (Å²) >= 11 is 5.98. The summed E-state index contributed by atoms with van der Waals surface area (Å²) < 4.78 is 13.8. The van der Waals surface area contributed by atoms with Crippen LogP contribution < -0.4 is 10.2 Å². The normalized spacial score (nSPS) is 17.1. The monoisotopic (exact) mass is 346 g/mol. The Morgan fingerprint density at radius 2 is 2.00 bits per heavy atom. The highest BCUT2D eigenvalue weighted by atomic mass is 35.5. The zero-order valence-corrected chi connectivity index (χ0v) is 14.1. The molecule has 0 aliphatic carbocycles. The van der Waals surface area contributed by atoms with E-state index < -0.39 is 5.82 Å². The predicted molar refractivity (Wildman–Crippen MR) is 94.9 cm³/mol. The van der Waals surface area contributed by atoms with Gasteiger partial charge in [0, 0.05) is 35.4 Å². The largest absolute Gasteiger partial charge is 0.367 e. The Morgan fingerprint density at radius 1 is 1.21 bits per heavy atom. The van der Waals surface area contributed by atoms with E-state index in [4.69, 9.17) is 11.6 Å². The van der Waals surface area contributed by atoms with Crippen LogP contribution in [0.25, 0.3) is 0 Å². The molecule has 126 valence electrons. The summed E-state index contributed by atoms with van der Waals surface area (Å²) in [6.45, 7) is 1.55. The molecule has 3 nitrogen and oxygen atoms in total. The SMILES string of the molecule is O=C(Cc1c(F)cccc1Cl)NC[C@@H]1CCCN1c1ccccc1. The van der Waals surface area contributed by atoms with Crippen LogP contribution in [-0.2, 0) is 11.2 Å². The maximum absolute atomic E-state index is 13.8. The average Bonchev–Trinajstić information content (AvgIpc) is 3.06. The summed E-state index contributed by atoms with van der Waals surface area (Å²) in [5.74, 6) is -0.647. The third-order valence-electron chi connectivity index (χ3n) is 4.40. The number of nitrogens with one attached hydrogen (secondary N) is 1. The molecule has 0 spiro atoms. The van der Waals surface area contributed by atoms with Crippen molar-refractivity contribution in [3.05, 3.63) is 64.9 Å². The molecule has 1 fully saturated rings. The summed E-state index contributed by atoms with van der Waals surface area (Å²) in [4.78, 5) is 14.5. The lowest BCUT2D eigenvalue weighted by Gasteiger charge is -2.27. The number of hydrogen-bond donors (Lipinski definition) is 1. The zero-order chi connectivity index (χ0) is 16.9. The van der Waals surface area contributed by atoms with Crippen molar-refractivity contribution in [3.63, 3.8) is 0 Å². The van der Waals surface area contributed by atoms with Gasteiger partial charge in [-0.05, 0) is 37.1 Å². The average molecular weight is 347 g/mol. The second-order valence-electron chi connectivity index (χ2n) is 6.01. The van der Waals surface area contributed by atoms with E-state index in [1.54, 1.807) is 6.07 Å². The van der Waals surface area contributed by atoms with E-state index in [0.717, 1.165) is 19.4 Å². The number of halogens is 2. The summed E-state index contributed by atoms with van der Waals surface area (Å²) in [5, 5.41) is 3.21. The first-order valence-electron chi connectivity index (χ1n) is 8.16. The molecule has 1 aliphatic rings. The van der Waals surface area contributed by atoms with Crippen LogP contribution in [0.3, 0.4) is 0 Å². The van der Waals surface area contributed by atoms with Crippen LogP contribution in [0.4, 0.5) is 10.1 Å². The second-order valence-corrected chi connectivity index (χ2v) is 6.41. The van der Waals surface area contributed by atoms with E-state index in [2.05, 4.69) is 22.3 Å². The number of amides is 1. The molecule has 1 atom stereocenters. The van der Waals surface area contributed by atoms with Gasteiger partial charge in [-0.2, -0.15) is 0 Å². The highest BCUT2D eigenvalue weighted by Gasteiger charge is 2.25. The summed E-state index contributed by atoms with van der Waals surface area (Å²) in [7, 11) is 0. The first-order valence-corrected chi connectivity index (χ1v) is 8.54. The van der Waals surface area contributed by atoms with Crippen LogP contribution in [0.2, 0.25) is 5.02 Å². The smallest absolute Gasteiger partial charge is 0.224 e. The van der Waals surface area contributed by atoms with Crippen LogP contribution in [0.5, 0.6) is 0 Å². The molecular formula is C19H20ClFN2O. The Kier molecular flexibility index (Phi) is 5.36. The van der Waals surface area contributed by atoms with Gasteiger partial charge in [0.15, 0.2) is 0 Å². The fourth-order valence-corrected chi connectivity index (χ4v) is 3.39. The van der Waals surface area contributed by atoms with Crippen molar-refractivity contribution >= 4 is 23.2 Å². The Labute approximate surface area is 146 Å². The fourth-order valence-electron chi connectivity index (χ4n) is 3.16. The Morgan fingerprint density at radius 3 is 2.75 bits per heavy atom. The summed E-state index contributed by atoms with van der Waals surface area (Å²) in [6.07, 6.45) is 2.10. The van der Waals surface area contributed by atoms with Crippen molar-refractivity contribution in [1.82, 2.24) is 5.32 Å². The van der Waals surface area contributed by atoms with Gasteiger partial charge in [-0.1, -0.05) is 35.9 Å². The van der Waals surface area contributed by atoms with E-state index in [-0.39, 0.29) is 29.0 Å². The molecule has 0 radical (unpaired) electrons. The van der Waals surface area contributed by atoms with Gasteiger partial charge in [-0.15, -0.1) is 0 Å². The molecule has 0 bridgehead atoms. The number of rotatable bonds is 5. The molecule has 5 heteroatoms. The van der Waals surface area contributed by atoms with Gasteiger partial charge < -0.3 is 10.2 Å². The lowest BCUT2D eigenvalue weighted by atomic mass is 10.1. The van der Waals surface area contributed by atoms with E-state index >= 15 is 0 Å². The maximum Gasteiger partial charge on any atom is 0.224 e. The number of carbonyl (C=O) groups is 1. The first-order chi connectivity index (χ1) is 11.6. The molecule has 1 heterocycles. The molecule has 1 aliphatic heterocycles. The van der Waals surface area contributed by atoms with Crippen LogP contribution in [0.1, 0.15) is 18.4 Å². The number of hydrogen-bond acceptors (Lipinski definition) is 2. The minimum absolute atomic E-state index is 0.0381. The number of para-hydroxylation sites is 1. The zero-order valence-electron chi connectivity index (χ0n) is 13.3. The molecule has 1 saturated heterocycles. The number of nitrogens with zero attached hydrogens (tertiary/aromatic N) is 1. The van der Waals surface area contributed by atoms with E-state index in [9.17, 15) is 9.18 Å². The number of benzene rings is 2. The standard InChI is InChI=1S/C19H20ClFN2O/c20-17-9-4-10-18(21)16(17)12-19(24)22-13-15-8-5-11-23(15)14-6-2-1-3-7-14/h1-4,6-7,9-10,15H,5,8,11-13H2,(H,22,24)/t15-/m0/s1. The Hall–Kier alpha value is -2.07. The molecule has 1 amide bonds.